The molecule has 0 amide bonds. The van der Waals surface area contributed by atoms with Crippen LogP contribution in [0.3, 0.4) is 0 Å². The van der Waals surface area contributed by atoms with Crippen molar-refractivity contribution in [2.75, 3.05) is 6.54 Å². The van der Waals surface area contributed by atoms with Gasteiger partial charge in [0.05, 0.1) is 11.7 Å². The molecule has 0 fully saturated rings. The van der Waals surface area contributed by atoms with E-state index in [4.69, 9.17) is 10.5 Å². The van der Waals surface area contributed by atoms with E-state index in [2.05, 4.69) is 10.2 Å². The number of rotatable bonds is 3. The van der Waals surface area contributed by atoms with Gasteiger partial charge >= 0.3 is 0 Å². The molecule has 1 aromatic heterocycles. The Hall–Kier alpha value is -1.55. The molecule has 4 heteroatoms. The molecule has 0 spiro atoms. The van der Waals surface area contributed by atoms with Crippen molar-refractivity contribution in [2.24, 2.45) is 5.73 Å². The maximum Gasteiger partial charge on any atom is 0.120 e. The van der Waals surface area contributed by atoms with Gasteiger partial charge in [-0.3, -0.25) is 5.10 Å². The summed E-state index contributed by atoms with van der Waals surface area (Å²) in [6.45, 7) is 2.46. The minimum Gasteiger partial charge on any atom is -0.489 e. The largest absolute Gasteiger partial charge is 0.489 e. The Morgan fingerprint density at radius 1 is 1.57 bits per heavy atom. The second-order valence-corrected chi connectivity index (χ2v) is 3.28. The van der Waals surface area contributed by atoms with Crippen LogP contribution in [0.5, 0.6) is 5.75 Å². The number of nitrogens with one attached hydrogen (secondary N) is 1. The highest BCUT2D eigenvalue weighted by molar-refractivity contribution is 5.79. The molecular weight excluding hydrogens is 178 g/mol. The molecule has 14 heavy (non-hydrogen) atoms. The van der Waals surface area contributed by atoms with Crippen molar-refractivity contribution in [2.45, 2.75) is 13.0 Å². The Bertz CT molecular complexity index is 424. The first kappa shape index (κ1) is 9.02. The molecule has 0 radical (unpaired) electrons. The second-order valence-electron chi connectivity index (χ2n) is 3.28. The quantitative estimate of drug-likeness (QED) is 0.768. The fourth-order valence-electron chi connectivity index (χ4n) is 1.27. The maximum atomic E-state index is 5.57. The molecule has 74 valence electrons. The summed E-state index contributed by atoms with van der Waals surface area (Å²) in [4.78, 5) is 0. The Balaban J connectivity index is 2.25. The molecular formula is C10H13N3O. The molecule has 0 aliphatic carbocycles. The van der Waals surface area contributed by atoms with Gasteiger partial charge in [0.25, 0.3) is 0 Å². The van der Waals surface area contributed by atoms with Gasteiger partial charge in [0, 0.05) is 11.9 Å². The van der Waals surface area contributed by atoms with Gasteiger partial charge in [-0.25, -0.2) is 0 Å². The fourth-order valence-corrected chi connectivity index (χ4v) is 1.27. The number of aromatic amines is 1. The highest BCUT2D eigenvalue weighted by Crippen LogP contribution is 2.19. The van der Waals surface area contributed by atoms with Gasteiger partial charge in [-0.05, 0) is 25.1 Å². The first-order valence-electron chi connectivity index (χ1n) is 4.59. The van der Waals surface area contributed by atoms with E-state index in [0.717, 1.165) is 16.7 Å². The van der Waals surface area contributed by atoms with Gasteiger partial charge < -0.3 is 10.5 Å². The third kappa shape index (κ3) is 1.70. The molecule has 1 heterocycles. The molecule has 1 unspecified atom stereocenters. The van der Waals surface area contributed by atoms with Crippen LogP contribution in [-0.2, 0) is 0 Å². The van der Waals surface area contributed by atoms with Crippen LogP contribution in [-0.4, -0.2) is 22.8 Å². The minimum absolute atomic E-state index is 0.0411. The average Bonchev–Trinajstić information content (AvgIpc) is 2.64. The maximum absolute atomic E-state index is 5.57. The van der Waals surface area contributed by atoms with Gasteiger partial charge in [0.15, 0.2) is 0 Å². The number of H-pyrrole nitrogens is 1. The highest BCUT2D eigenvalue weighted by atomic mass is 16.5. The Morgan fingerprint density at radius 2 is 2.43 bits per heavy atom. The average molecular weight is 191 g/mol. The van der Waals surface area contributed by atoms with E-state index in [9.17, 15) is 0 Å². The highest BCUT2D eigenvalue weighted by Gasteiger charge is 2.02. The number of ether oxygens (including phenoxy) is 1. The van der Waals surface area contributed by atoms with Crippen molar-refractivity contribution >= 4 is 10.9 Å². The Morgan fingerprint density at radius 3 is 3.21 bits per heavy atom. The SMILES string of the molecule is CC(CN)Oc1ccc2[nH]ncc2c1. The van der Waals surface area contributed by atoms with Crippen LogP contribution in [0, 0.1) is 0 Å². The van der Waals surface area contributed by atoms with E-state index in [1.165, 1.54) is 0 Å². The van der Waals surface area contributed by atoms with E-state index in [1.54, 1.807) is 6.20 Å². The zero-order valence-electron chi connectivity index (χ0n) is 8.03. The topological polar surface area (TPSA) is 63.9 Å². The zero-order valence-corrected chi connectivity index (χ0v) is 8.03. The smallest absolute Gasteiger partial charge is 0.120 e. The predicted molar refractivity (Wildman–Crippen MR) is 55.2 cm³/mol. The molecule has 0 aliphatic heterocycles. The van der Waals surface area contributed by atoms with Gasteiger partial charge in [-0.1, -0.05) is 0 Å². The van der Waals surface area contributed by atoms with Gasteiger partial charge in [0.1, 0.15) is 11.9 Å². The summed E-state index contributed by atoms with van der Waals surface area (Å²) in [5.74, 6) is 0.830. The zero-order chi connectivity index (χ0) is 9.97. The summed E-state index contributed by atoms with van der Waals surface area (Å²) in [7, 11) is 0. The van der Waals surface area contributed by atoms with Gasteiger partial charge in [0.2, 0.25) is 0 Å². The molecule has 0 saturated heterocycles. The third-order valence-electron chi connectivity index (χ3n) is 2.08. The number of aromatic nitrogens is 2. The molecule has 0 bridgehead atoms. The molecule has 1 aromatic carbocycles. The van der Waals surface area contributed by atoms with Crippen LogP contribution in [0.25, 0.3) is 10.9 Å². The van der Waals surface area contributed by atoms with Gasteiger partial charge in [-0.15, -0.1) is 0 Å². The first-order chi connectivity index (χ1) is 6.79. The monoisotopic (exact) mass is 191 g/mol. The Kier molecular flexibility index (Phi) is 2.37. The molecule has 0 aliphatic rings. The number of fused-ring (bicyclic) bond motifs is 1. The number of hydrogen-bond acceptors (Lipinski definition) is 3. The van der Waals surface area contributed by atoms with Crippen molar-refractivity contribution in [3.05, 3.63) is 24.4 Å². The van der Waals surface area contributed by atoms with Crippen molar-refractivity contribution in [1.82, 2.24) is 10.2 Å². The van der Waals surface area contributed by atoms with Crippen LogP contribution in [0.2, 0.25) is 0 Å². The fraction of sp³-hybridized carbons (Fsp3) is 0.300. The van der Waals surface area contributed by atoms with Crippen molar-refractivity contribution in [3.8, 4) is 5.75 Å². The van der Waals surface area contributed by atoms with Gasteiger partial charge in [-0.2, -0.15) is 5.10 Å². The molecule has 1 atom stereocenters. The normalized spacial score (nSPS) is 13.0. The van der Waals surface area contributed by atoms with Crippen LogP contribution in [0.15, 0.2) is 24.4 Å². The van der Waals surface area contributed by atoms with Crippen LogP contribution >= 0.6 is 0 Å². The van der Waals surface area contributed by atoms with Crippen LogP contribution in [0.4, 0.5) is 0 Å². The lowest BCUT2D eigenvalue weighted by molar-refractivity contribution is 0.230. The van der Waals surface area contributed by atoms with Crippen molar-refractivity contribution < 1.29 is 4.74 Å². The van der Waals surface area contributed by atoms with E-state index in [-0.39, 0.29) is 6.10 Å². The van der Waals surface area contributed by atoms with E-state index in [1.807, 2.05) is 25.1 Å². The summed E-state index contributed by atoms with van der Waals surface area (Å²) in [5.41, 5.74) is 6.48. The van der Waals surface area contributed by atoms with E-state index >= 15 is 0 Å². The lowest BCUT2D eigenvalue weighted by Crippen LogP contribution is -2.22. The molecule has 2 rings (SSSR count). The van der Waals surface area contributed by atoms with E-state index < -0.39 is 0 Å². The molecule has 3 N–H and O–H groups in total. The van der Waals surface area contributed by atoms with Crippen molar-refractivity contribution in [1.29, 1.82) is 0 Å². The standard InChI is InChI=1S/C10H13N3O/c1-7(5-11)14-9-2-3-10-8(4-9)6-12-13-10/h2-4,6-7H,5,11H2,1H3,(H,12,13). The first-order valence-corrected chi connectivity index (χ1v) is 4.59. The van der Waals surface area contributed by atoms with Crippen LogP contribution < -0.4 is 10.5 Å². The lowest BCUT2D eigenvalue weighted by atomic mass is 10.2. The molecule has 2 aromatic rings. The summed E-state index contributed by atoms with van der Waals surface area (Å²) in [6.07, 6.45) is 1.81. The van der Waals surface area contributed by atoms with Crippen molar-refractivity contribution in [3.63, 3.8) is 0 Å². The molecule has 0 saturated carbocycles. The number of hydrogen-bond donors (Lipinski definition) is 2. The summed E-state index contributed by atoms with van der Waals surface area (Å²) >= 11 is 0. The summed E-state index contributed by atoms with van der Waals surface area (Å²) in [6, 6.07) is 5.80. The summed E-state index contributed by atoms with van der Waals surface area (Å²) in [5, 5.41) is 7.87. The van der Waals surface area contributed by atoms with Crippen LogP contribution in [0.1, 0.15) is 6.92 Å². The third-order valence-corrected chi connectivity index (χ3v) is 2.08. The number of benzene rings is 1. The minimum atomic E-state index is 0.0411. The molecule has 4 nitrogen and oxygen atoms in total. The predicted octanol–water partition coefficient (Wildman–Crippen LogP) is 1.29. The Labute approximate surface area is 82.1 Å². The second kappa shape index (κ2) is 3.67. The number of nitrogens with two attached hydrogens (primary N) is 1. The summed E-state index contributed by atoms with van der Waals surface area (Å²) < 4.78 is 5.57. The number of nitrogens with zero attached hydrogens (tertiary/aromatic N) is 1. The van der Waals surface area contributed by atoms with E-state index in [0.29, 0.717) is 6.54 Å². The lowest BCUT2D eigenvalue weighted by Gasteiger charge is -2.11.